The molecule has 0 spiro atoms. The van der Waals surface area contributed by atoms with Gasteiger partial charge in [0.2, 0.25) is 0 Å². The van der Waals surface area contributed by atoms with E-state index in [1.54, 1.807) is 7.05 Å². The van der Waals surface area contributed by atoms with E-state index in [4.69, 9.17) is 41.5 Å². The molecule has 1 saturated heterocycles. The van der Waals surface area contributed by atoms with Gasteiger partial charge >= 0.3 is 41.8 Å². The van der Waals surface area contributed by atoms with Gasteiger partial charge in [-0.15, -0.1) is 0 Å². The van der Waals surface area contributed by atoms with E-state index < -0.39 is 41.8 Å². The van der Waals surface area contributed by atoms with Crippen LogP contribution in [0.2, 0.25) is 0 Å². The number of hydrogen-bond acceptors (Lipinski definition) is 32. The summed E-state index contributed by atoms with van der Waals surface area (Å²) >= 11 is 0. The van der Waals surface area contributed by atoms with Crippen LogP contribution in [-0.2, 0) is 0 Å². The summed E-state index contributed by atoms with van der Waals surface area (Å²) in [6, 6.07) is 10.1. The first-order chi connectivity index (χ1) is 46.2. The van der Waals surface area contributed by atoms with Gasteiger partial charge in [0.05, 0.1) is 0 Å². The summed E-state index contributed by atoms with van der Waals surface area (Å²) in [5, 5.41) is 78.1. The van der Waals surface area contributed by atoms with E-state index in [1.165, 1.54) is 86.8 Å². The van der Waals surface area contributed by atoms with Gasteiger partial charge in [-0.2, -0.15) is 0 Å². The molecular formula is C58H83N25O14. The molecule has 15 N–H and O–H groups in total. The fourth-order valence-electron chi connectivity index (χ4n) is 7.07. The quantitative estimate of drug-likeness (QED) is 0.0346. The molecule has 1 aliphatic rings. The number of carboxylic acids is 7. The molecule has 0 amide bonds. The Balaban J connectivity index is 0.000000387. The van der Waals surface area contributed by atoms with E-state index in [9.17, 15) is 33.6 Å². The van der Waals surface area contributed by atoms with Crippen LogP contribution in [-0.4, -0.2) is 282 Å². The number of likely N-dealkylation sites (N-methyl/N-ethyl adjacent to an activating group) is 2. The Kier molecular flexibility index (Phi) is 38.2. The van der Waals surface area contributed by atoms with Crippen molar-refractivity contribution < 1.29 is 69.3 Å². The minimum absolute atomic E-state index is 0.000880. The molecule has 1 aliphatic heterocycles. The first kappa shape index (κ1) is 81.4. The molecule has 0 atom stereocenters. The molecule has 0 aliphatic carbocycles. The molecule has 7 aromatic heterocycles. The summed E-state index contributed by atoms with van der Waals surface area (Å²) in [6.07, 6.45) is 9.62. The third kappa shape index (κ3) is 34.7. The zero-order valence-corrected chi connectivity index (χ0v) is 55.0. The van der Waals surface area contributed by atoms with Crippen LogP contribution < -0.4 is 42.5 Å². The number of nitrogens with two attached hydrogens (primary N) is 1. The molecule has 0 bridgehead atoms. The topological polar surface area (TPSA) is 553 Å². The lowest BCUT2D eigenvalue weighted by Gasteiger charge is -2.34. The molecule has 97 heavy (non-hydrogen) atoms. The van der Waals surface area contributed by atoms with Crippen molar-refractivity contribution >= 4 is 82.5 Å². The molecule has 0 radical (unpaired) electrons. The first-order valence-corrected chi connectivity index (χ1v) is 29.4. The number of nitrogens with one attached hydrogen (secondary N) is 6. The lowest BCUT2D eigenvalue weighted by molar-refractivity contribution is 0.0679. The van der Waals surface area contributed by atoms with Crippen molar-refractivity contribution in [1.29, 1.82) is 0 Å². The number of rotatable bonds is 26. The lowest BCUT2D eigenvalue weighted by atomic mass is 10.3. The van der Waals surface area contributed by atoms with Crippen LogP contribution in [0.1, 0.15) is 108 Å². The van der Waals surface area contributed by atoms with Crippen molar-refractivity contribution in [2.24, 2.45) is 5.73 Å². The average molecular weight is 1350 g/mol. The normalized spacial score (nSPS) is 11.2. The second-order valence-electron chi connectivity index (χ2n) is 20.2. The van der Waals surface area contributed by atoms with E-state index in [-0.39, 0.29) is 45.9 Å². The molecule has 1 fully saturated rings. The molecular weight excluding hydrogens is 1270 g/mol. The van der Waals surface area contributed by atoms with Crippen molar-refractivity contribution in [3.63, 3.8) is 0 Å². The van der Waals surface area contributed by atoms with E-state index in [0.717, 1.165) is 58.8 Å². The highest BCUT2D eigenvalue weighted by atomic mass is 16.4. The Morgan fingerprint density at radius 1 is 0.433 bits per heavy atom. The van der Waals surface area contributed by atoms with Crippen LogP contribution in [0.4, 0.5) is 40.7 Å². The first-order valence-electron chi connectivity index (χ1n) is 29.4. The van der Waals surface area contributed by atoms with Gasteiger partial charge in [-0.25, -0.2) is 103 Å². The fourth-order valence-corrected chi connectivity index (χ4v) is 7.07. The Hall–Kier alpha value is -11.7. The second-order valence-corrected chi connectivity index (χ2v) is 20.2. The number of carboxylic acid groups (broad SMARTS) is 7. The molecule has 8 heterocycles. The maximum Gasteiger partial charge on any atom is 0.354 e. The summed E-state index contributed by atoms with van der Waals surface area (Å²) in [5.74, 6) is -3.51. The van der Waals surface area contributed by atoms with Crippen LogP contribution in [0.3, 0.4) is 0 Å². The van der Waals surface area contributed by atoms with E-state index >= 15 is 0 Å². The fraction of sp³-hybridized carbons (Fsp3) is 0.397. The minimum Gasteiger partial charge on any atom is -0.477 e. The maximum absolute atomic E-state index is 10.8. The highest BCUT2D eigenvalue weighted by Gasteiger charge is 2.19. The zero-order valence-electron chi connectivity index (χ0n) is 55.0. The zero-order chi connectivity index (χ0) is 72.2. The van der Waals surface area contributed by atoms with Gasteiger partial charge in [0.25, 0.3) is 0 Å². The van der Waals surface area contributed by atoms with Gasteiger partial charge in [0.15, 0.2) is 39.9 Å². The third-order valence-corrected chi connectivity index (χ3v) is 11.8. The van der Waals surface area contributed by atoms with Gasteiger partial charge in [-0.05, 0) is 68.5 Å². The summed E-state index contributed by atoms with van der Waals surface area (Å²) < 4.78 is 0. The second kappa shape index (κ2) is 45.6. The average Bonchev–Trinajstić information content (AvgIpc) is 1.02. The van der Waals surface area contributed by atoms with Crippen molar-refractivity contribution in [3.05, 3.63) is 127 Å². The number of nitrogens with zero attached hydrogens (tertiary/aromatic N) is 18. The Bertz CT molecular complexity index is 3550. The lowest BCUT2D eigenvalue weighted by Crippen LogP contribution is -2.46. The van der Waals surface area contributed by atoms with E-state index in [2.05, 4.69) is 123 Å². The van der Waals surface area contributed by atoms with Gasteiger partial charge in [-0.1, -0.05) is 6.92 Å². The van der Waals surface area contributed by atoms with Crippen molar-refractivity contribution in [3.8, 4) is 0 Å². The molecule has 0 aromatic carbocycles. The van der Waals surface area contributed by atoms with Gasteiger partial charge in [0.1, 0.15) is 85.0 Å². The molecule has 524 valence electrons. The minimum atomic E-state index is -1.07. The van der Waals surface area contributed by atoms with Gasteiger partial charge in [0, 0.05) is 121 Å². The number of aromatic nitrogens is 14. The molecule has 39 heteroatoms. The standard InChI is InChI=1S/C11H16N4O2.C10H16N4O2.C9H14N4O2.C8H11N3O2.C7H10N4O2.C7H9N3O2.C6H7N3O2/c1-2-14-3-5-15(6-4-14)10-7-9(11(16)17)12-8-13-10;1-14(2)5-3-4-11-9-6-8(10(15)16)12-7-13-9;1-13(2)4-3-10-8-5-7(9(14)15)11-6-12-8;1-5(2)11-7-3-6(8(12)13)9-4-10-7;8-1-2-9-6-3-5(7(12)13)10-4-11-6;1-2-8-6-3-5(7(11)12)9-4-10-6;1-7-5-2-4(6(10)11)8-3-9-5/h7-8H,2-6H2,1H3,(H,16,17);6-7H,3-5H2,1-2H3,(H,15,16)(H,11,12,13);5-6H,3-4H2,1-2H3,(H,14,15)(H,10,11,12);3-5H,1-2H3,(H,12,13)(H,9,10,11);3-4H,1-2,8H2,(H,12,13)(H,9,10,11);3-4H,2H2,1H3,(H,11,12)(H,8,9,10);2-3H,1H3,(H,10,11)(H,7,8,9). The van der Waals surface area contributed by atoms with E-state index in [1.807, 2.05) is 53.9 Å². The van der Waals surface area contributed by atoms with Gasteiger partial charge < -0.3 is 93.0 Å². The predicted molar refractivity (Wildman–Crippen MR) is 356 cm³/mol. The summed E-state index contributed by atoms with van der Waals surface area (Å²) in [6.45, 7) is 17.8. The monoisotopic (exact) mass is 1350 g/mol. The SMILES string of the molecule is CC(C)Nc1cc(C(=O)O)ncn1.CCN1CCN(c2cc(C(=O)O)ncn2)CC1.CCNc1cc(C(=O)O)ncn1.CN(C)CCCNc1cc(C(=O)O)ncn1.CN(C)CCNc1cc(C(=O)O)ncn1.CNc1cc(C(=O)O)ncn1.NCCNc1cc(C(=O)O)ncn1. The number of aromatic carboxylic acids is 7. The van der Waals surface area contributed by atoms with Gasteiger partial charge in [-0.3, -0.25) is 0 Å². The van der Waals surface area contributed by atoms with Crippen LogP contribution in [0.25, 0.3) is 0 Å². The molecule has 8 rings (SSSR count). The number of hydrogen-bond donors (Lipinski definition) is 14. The Morgan fingerprint density at radius 3 is 1.09 bits per heavy atom. The highest BCUT2D eigenvalue weighted by Crippen LogP contribution is 2.14. The van der Waals surface area contributed by atoms with Crippen LogP contribution in [0, 0.1) is 0 Å². The molecule has 0 saturated carbocycles. The molecule has 7 aromatic rings. The Morgan fingerprint density at radius 2 is 0.753 bits per heavy atom. The smallest absolute Gasteiger partial charge is 0.354 e. The van der Waals surface area contributed by atoms with Crippen LogP contribution >= 0.6 is 0 Å². The third-order valence-electron chi connectivity index (χ3n) is 11.8. The number of carbonyl (C=O) groups is 7. The molecule has 39 nitrogen and oxygen atoms in total. The van der Waals surface area contributed by atoms with Crippen LogP contribution in [0.5, 0.6) is 0 Å². The number of anilines is 7. The van der Waals surface area contributed by atoms with E-state index in [0.29, 0.717) is 66.9 Å². The molecule has 0 unspecified atom stereocenters. The van der Waals surface area contributed by atoms with Crippen molar-refractivity contribution in [1.82, 2.24) is 84.5 Å². The summed E-state index contributed by atoms with van der Waals surface area (Å²) in [7, 11) is 9.60. The Labute approximate surface area is 557 Å². The highest BCUT2D eigenvalue weighted by molar-refractivity contribution is 5.89. The van der Waals surface area contributed by atoms with Crippen molar-refractivity contribution in [2.45, 2.75) is 40.2 Å². The largest absolute Gasteiger partial charge is 0.477 e. The van der Waals surface area contributed by atoms with Crippen LogP contribution in [0.15, 0.2) is 86.8 Å². The van der Waals surface area contributed by atoms with Crippen molar-refractivity contribution in [2.75, 3.05) is 151 Å². The summed E-state index contributed by atoms with van der Waals surface area (Å²) in [4.78, 5) is 135. The maximum atomic E-state index is 10.8. The number of piperazine rings is 1. The summed E-state index contributed by atoms with van der Waals surface area (Å²) in [5.41, 5.74) is 5.26. The predicted octanol–water partition coefficient (Wildman–Crippen LogP) is 2.37.